The molecule has 9 heteroatoms. The highest BCUT2D eigenvalue weighted by Crippen LogP contribution is 2.31. The number of aliphatic hydroxyl groups excluding tert-OH is 1. The first kappa shape index (κ1) is 23.4. The van der Waals surface area contributed by atoms with Crippen LogP contribution in [0.15, 0.2) is 66.7 Å². The number of aliphatic hydroxyl groups is 1. The van der Waals surface area contributed by atoms with Crippen LogP contribution in [0.4, 0.5) is 0 Å². The molecule has 5 aromatic rings. The van der Waals surface area contributed by atoms with Crippen LogP contribution >= 0.6 is 0 Å². The molecule has 1 atom stereocenters. The first-order valence-electron chi connectivity index (χ1n) is 11.8. The van der Waals surface area contributed by atoms with Gasteiger partial charge in [0.05, 0.1) is 12.1 Å². The van der Waals surface area contributed by atoms with Crippen molar-refractivity contribution >= 4 is 11.0 Å². The van der Waals surface area contributed by atoms with E-state index in [0.29, 0.717) is 29.6 Å². The van der Waals surface area contributed by atoms with E-state index in [1.807, 2.05) is 48.5 Å². The number of H-pyrrole nitrogens is 1. The zero-order valence-electron chi connectivity index (χ0n) is 20.0. The molecule has 2 aromatic carbocycles. The number of aromatic amines is 1. The van der Waals surface area contributed by atoms with E-state index >= 15 is 0 Å². The van der Waals surface area contributed by atoms with Crippen molar-refractivity contribution in [2.45, 2.75) is 33.0 Å². The van der Waals surface area contributed by atoms with E-state index < -0.39 is 0 Å². The Bertz CT molecular complexity index is 1450. The molecular formula is C27H26N6O3. The molecule has 0 amide bonds. The predicted molar refractivity (Wildman–Crippen MR) is 135 cm³/mol. The smallest absolute Gasteiger partial charge is 0.214 e. The van der Waals surface area contributed by atoms with Crippen LogP contribution in [0.3, 0.4) is 0 Å². The summed E-state index contributed by atoms with van der Waals surface area (Å²) >= 11 is 0. The summed E-state index contributed by atoms with van der Waals surface area (Å²) in [7, 11) is 0. The Labute approximate surface area is 208 Å². The lowest BCUT2D eigenvalue weighted by Crippen LogP contribution is -2.16. The van der Waals surface area contributed by atoms with Gasteiger partial charge >= 0.3 is 0 Å². The fraction of sp³-hybridized carbons (Fsp3) is 0.222. The molecule has 36 heavy (non-hydrogen) atoms. The molecule has 2 N–H and O–H groups in total. The Kier molecular flexibility index (Phi) is 6.81. The summed E-state index contributed by atoms with van der Waals surface area (Å²) < 4.78 is 11.9. The monoisotopic (exact) mass is 482 g/mol. The van der Waals surface area contributed by atoms with Gasteiger partial charge in [-0.15, -0.1) is 10.2 Å². The van der Waals surface area contributed by atoms with Crippen molar-refractivity contribution in [3.63, 3.8) is 0 Å². The SMILES string of the molecule is CCc1cc(OCc2ccc(-c3ccccc3-c3nn[nH]n3)cc2)c2nc(OC(C)CO)ccc2n1. The third-order valence-corrected chi connectivity index (χ3v) is 5.76. The molecular weight excluding hydrogens is 456 g/mol. The topological polar surface area (TPSA) is 119 Å². The number of ether oxygens (including phenoxy) is 2. The van der Waals surface area contributed by atoms with E-state index in [1.54, 1.807) is 13.0 Å². The molecule has 1 unspecified atom stereocenters. The molecule has 0 saturated carbocycles. The Morgan fingerprint density at radius 1 is 0.972 bits per heavy atom. The minimum atomic E-state index is -0.356. The van der Waals surface area contributed by atoms with E-state index in [4.69, 9.17) is 9.47 Å². The third kappa shape index (κ3) is 5.01. The van der Waals surface area contributed by atoms with Gasteiger partial charge in [0.1, 0.15) is 24.0 Å². The zero-order valence-corrected chi connectivity index (χ0v) is 20.0. The quantitative estimate of drug-likeness (QED) is 0.318. The second kappa shape index (κ2) is 10.5. The van der Waals surface area contributed by atoms with Crippen molar-refractivity contribution in [2.24, 2.45) is 0 Å². The number of benzene rings is 2. The second-order valence-corrected chi connectivity index (χ2v) is 8.36. The van der Waals surface area contributed by atoms with Gasteiger partial charge in [0.25, 0.3) is 0 Å². The Balaban J connectivity index is 1.38. The van der Waals surface area contributed by atoms with Crippen molar-refractivity contribution in [3.8, 4) is 34.1 Å². The summed E-state index contributed by atoms with van der Waals surface area (Å²) in [6.07, 6.45) is 0.423. The maximum absolute atomic E-state index is 9.30. The lowest BCUT2D eigenvalue weighted by atomic mass is 9.98. The van der Waals surface area contributed by atoms with Gasteiger partial charge in [-0.1, -0.05) is 55.5 Å². The minimum absolute atomic E-state index is 0.0916. The molecule has 0 spiro atoms. The standard InChI is InChI=1S/C27H26N6O3/c1-3-20-14-24(26-23(28-20)12-13-25(29-26)36-17(2)15-34)35-16-18-8-10-19(11-9-18)21-6-4-5-7-22(21)27-30-32-33-31-27/h4-14,17,34H,3,15-16H2,1-2H3,(H,30,31,32,33). The van der Waals surface area contributed by atoms with Crippen LogP contribution in [0, 0.1) is 0 Å². The number of pyridine rings is 2. The lowest BCUT2D eigenvalue weighted by molar-refractivity contribution is 0.125. The normalized spacial score (nSPS) is 12.0. The number of aryl methyl sites for hydroxylation is 1. The van der Waals surface area contributed by atoms with E-state index in [0.717, 1.165) is 39.9 Å². The van der Waals surface area contributed by atoms with Crippen LogP contribution in [0.25, 0.3) is 33.5 Å². The highest BCUT2D eigenvalue weighted by molar-refractivity contribution is 5.82. The molecule has 182 valence electrons. The second-order valence-electron chi connectivity index (χ2n) is 8.36. The number of tetrazole rings is 1. The first-order chi connectivity index (χ1) is 17.6. The molecule has 9 nitrogen and oxygen atoms in total. The van der Waals surface area contributed by atoms with E-state index in [2.05, 4.69) is 49.6 Å². The summed E-state index contributed by atoms with van der Waals surface area (Å²) in [6.45, 7) is 4.11. The number of nitrogens with zero attached hydrogens (tertiary/aromatic N) is 5. The number of fused-ring (bicyclic) bond motifs is 1. The van der Waals surface area contributed by atoms with E-state index in [1.165, 1.54) is 0 Å². The van der Waals surface area contributed by atoms with Crippen molar-refractivity contribution < 1.29 is 14.6 Å². The van der Waals surface area contributed by atoms with Gasteiger partial charge in [-0.3, -0.25) is 4.98 Å². The molecule has 0 aliphatic rings. The average Bonchev–Trinajstić information content (AvgIpc) is 3.47. The molecule has 3 aromatic heterocycles. The summed E-state index contributed by atoms with van der Waals surface area (Å²) in [5.74, 6) is 1.62. The molecule has 0 fully saturated rings. The van der Waals surface area contributed by atoms with Gasteiger partial charge in [-0.25, -0.2) is 4.98 Å². The third-order valence-electron chi connectivity index (χ3n) is 5.76. The van der Waals surface area contributed by atoms with Gasteiger partial charge in [0, 0.05) is 23.4 Å². The van der Waals surface area contributed by atoms with Gasteiger partial charge in [-0.2, -0.15) is 5.21 Å². The molecule has 0 bridgehead atoms. The average molecular weight is 483 g/mol. The fourth-order valence-corrected chi connectivity index (χ4v) is 3.86. The minimum Gasteiger partial charge on any atom is -0.486 e. The number of rotatable bonds is 9. The Hall–Kier alpha value is -4.37. The van der Waals surface area contributed by atoms with Gasteiger partial charge < -0.3 is 14.6 Å². The maximum atomic E-state index is 9.30. The summed E-state index contributed by atoms with van der Waals surface area (Å²) in [4.78, 5) is 9.26. The van der Waals surface area contributed by atoms with Crippen LogP contribution in [0.1, 0.15) is 25.1 Å². The summed E-state index contributed by atoms with van der Waals surface area (Å²) in [5, 5.41) is 23.7. The van der Waals surface area contributed by atoms with Gasteiger partial charge in [0.15, 0.2) is 0 Å². The van der Waals surface area contributed by atoms with Crippen molar-refractivity contribution in [2.75, 3.05) is 6.61 Å². The zero-order chi connectivity index (χ0) is 24.9. The Morgan fingerprint density at radius 3 is 2.50 bits per heavy atom. The van der Waals surface area contributed by atoms with Crippen molar-refractivity contribution in [1.82, 2.24) is 30.6 Å². The van der Waals surface area contributed by atoms with Gasteiger partial charge in [0.2, 0.25) is 11.7 Å². The van der Waals surface area contributed by atoms with E-state index in [-0.39, 0.29) is 12.7 Å². The number of nitrogens with one attached hydrogen (secondary N) is 1. The number of aromatic nitrogens is 6. The molecule has 3 heterocycles. The van der Waals surface area contributed by atoms with Crippen LogP contribution in [0.2, 0.25) is 0 Å². The highest BCUT2D eigenvalue weighted by atomic mass is 16.5. The molecule has 5 rings (SSSR count). The largest absolute Gasteiger partial charge is 0.486 e. The van der Waals surface area contributed by atoms with Crippen LogP contribution in [-0.2, 0) is 13.0 Å². The first-order valence-corrected chi connectivity index (χ1v) is 11.8. The van der Waals surface area contributed by atoms with Gasteiger partial charge in [-0.05, 0) is 41.3 Å². The fourth-order valence-electron chi connectivity index (χ4n) is 3.86. The van der Waals surface area contributed by atoms with Crippen LogP contribution in [-0.4, -0.2) is 48.4 Å². The molecule has 0 aliphatic heterocycles. The number of hydrogen-bond acceptors (Lipinski definition) is 8. The van der Waals surface area contributed by atoms with Crippen molar-refractivity contribution in [1.29, 1.82) is 0 Å². The maximum Gasteiger partial charge on any atom is 0.214 e. The highest BCUT2D eigenvalue weighted by Gasteiger charge is 2.13. The lowest BCUT2D eigenvalue weighted by Gasteiger charge is -2.14. The van der Waals surface area contributed by atoms with Crippen LogP contribution in [0.5, 0.6) is 11.6 Å². The molecule has 0 saturated heterocycles. The summed E-state index contributed by atoms with van der Waals surface area (Å²) in [5.41, 5.74) is 6.27. The molecule has 0 aliphatic carbocycles. The molecule has 0 radical (unpaired) electrons. The number of hydrogen-bond donors (Lipinski definition) is 2. The Morgan fingerprint density at radius 2 is 1.78 bits per heavy atom. The van der Waals surface area contributed by atoms with E-state index in [9.17, 15) is 5.11 Å². The van der Waals surface area contributed by atoms with Crippen molar-refractivity contribution in [3.05, 3.63) is 78.0 Å². The van der Waals surface area contributed by atoms with Crippen LogP contribution < -0.4 is 9.47 Å². The predicted octanol–water partition coefficient (Wildman–Crippen LogP) is 4.38. The summed E-state index contributed by atoms with van der Waals surface area (Å²) in [6, 6.07) is 21.7.